The number of hydrogen-bond acceptors (Lipinski definition) is 6. The highest BCUT2D eigenvalue weighted by atomic mass is 16.5. The minimum absolute atomic E-state index is 0.0255. The molecule has 3 aliphatic heterocycles. The maximum absolute atomic E-state index is 13.4. The maximum Gasteiger partial charge on any atom is 0.237 e. The summed E-state index contributed by atoms with van der Waals surface area (Å²) in [6, 6.07) is 14.3. The number of methoxy groups -OCH3 is 1. The van der Waals surface area contributed by atoms with Crippen LogP contribution in [0.25, 0.3) is 11.1 Å². The molecular weight excluding hydrogens is 406 g/mol. The summed E-state index contributed by atoms with van der Waals surface area (Å²) in [5, 5.41) is 13.6. The number of fused-ring (bicyclic) bond motifs is 3. The van der Waals surface area contributed by atoms with E-state index in [2.05, 4.69) is 34.5 Å². The number of morpholine rings is 1. The summed E-state index contributed by atoms with van der Waals surface area (Å²) in [4.78, 5) is 17.6. The number of carbonyl (C=O) groups excluding carboxylic acids is 1. The predicted octanol–water partition coefficient (Wildman–Crippen LogP) is 2.37. The van der Waals surface area contributed by atoms with Gasteiger partial charge in [-0.05, 0) is 47.4 Å². The first-order valence-corrected chi connectivity index (χ1v) is 11.4. The zero-order valence-electron chi connectivity index (χ0n) is 18.5. The van der Waals surface area contributed by atoms with Gasteiger partial charge in [-0.3, -0.25) is 9.69 Å². The second kappa shape index (κ2) is 9.10. The first kappa shape index (κ1) is 21.2. The minimum Gasteiger partial charge on any atom is -0.497 e. The Balaban J connectivity index is 1.47. The van der Waals surface area contributed by atoms with Crippen LogP contribution in [0.1, 0.15) is 18.0 Å². The van der Waals surface area contributed by atoms with Crippen molar-refractivity contribution >= 4 is 11.6 Å². The number of nitrogens with zero attached hydrogens (tertiary/aromatic N) is 2. The lowest BCUT2D eigenvalue weighted by atomic mass is 9.82. The number of amides is 1. The molecule has 2 aromatic rings. The third kappa shape index (κ3) is 3.96. The molecule has 1 amide bonds. The summed E-state index contributed by atoms with van der Waals surface area (Å²) in [6.07, 6.45) is 0.889. The van der Waals surface area contributed by atoms with Crippen molar-refractivity contribution in [1.82, 2.24) is 9.80 Å². The van der Waals surface area contributed by atoms with E-state index in [9.17, 15) is 9.90 Å². The molecule has 3 atom stereocenters. The van der Waals surface area contributed by atoms with E-state index in [1.807, 2.05) is 23.1 Å². The molecule has 170 valence electrons. The number of nitrogens with one attached hydrogen (secondary N) is 1. The Morgan fingerprint density at radius 3 is 2.75 bits per heavy atom. The number of aliphatic hydroxyl groups is 1. The fourth-order valence-corrected chi connectivity index (χ4v) is 5.37. The average Bonchev–Trinajstić information content (AvgIpc) is 3.30. The molecule has 0 spiro atoms. The SMILES string of the molecule is COc1cccc(-c2ccc3c(c2)[C@@H]2[C@@H](CCN2C(=O)CN2CCOCC2)[C@@H](CO)N3)c1. The van der Waals surface area contributed by atoms with Crippen molar-refractivity contribution < 1.29 is 19.4 Å². The molecule has 0 bridgehead atoms. The van der Waals surface area contributed by atoms with E-state index < -0.39 is 0 Å². The van der Waals surface area contributed by atoms with Gasteiger partial charge < -0.3 is 24.8 Å². The van der Waals surface area contributed by atoms with Crippen LogP contribution in [-0.4, -0.2) is 80.0 Å². The van der Waals surface area contributed by atoms with Crippen LogP contribution in [0.2, 0.25) is 0 Å². The monoisotopic (exact) mass is 437 g/mol. The number of carbonyl (C=O) groups is 1. The predicted molar refractivity (Wildman–Crippen MR) is 123 cm³/mol. The van der Waals surface area contributed by atoms with Gasteiger partial charge in [0, 0.05) is 31.2 Å². The Morgan fingerprint density at radius 2 is 1.97 bits per heavy atom. The molecule has 32 heavy (non-hydrogen) atoms. The average molecular weight is 438 g/mol. The second-order valence-corrected chi connectivity index (χ2v) is 8.84. The molecule has 7 nitrogen and oxygen atoms in total. The molecule has 2 fully saturated rings. The largest absolute Gasteiger partial charge is 0.497 e. The lowest BCUT2D eigenvalue weighted by Crippen LogP contribution is -2.47. The first-order chi connectivity index (χ1) is 15.7. The standard InChI is InChI=1S/C25H31N3O4/c1-31-19-4-2-3-17(13-19)18-5-6-22-21(14-18)25-20(23(16-29)26-22)7-8-28(25)24(30)15-27-9-11-32-12-10-27/h2-6,13-14,20,23,25-26,29H,7-12,15-16H2,1H3/t20-,23+,25-/m0/s1. The molecular formula is C25H31N3O4. The molecule has 0 aliphatic carbocycles. The zero-order chi connectivity index (χ0) is 22.1. The van der Waals surface area contributed by atoms with Gasteiger partial charge in [0.2, 0.25) is 5.91 Å². The van der Waals surface area contributed by atoms with Gasteiger partial charge in [-0.25, -0.2) is 0 Å². The number of aliphatic hydroxyl groups excluding tert-OH is 1. The van der Waals surface area contributed by atoms with Gasteiger partial charge in [0.1, 0.15) is 5.75 Å². The van der Waals surface area contributed by atoms with Crippen LogP contribution in [-0.2, 0) is 9.53 Å². The molecule has 0 saturated carbocycles. The Morgan fingerprint density at radius 1 is 1.16 bits per heavy atom. The summed E-state index contributed by atoms with van der Waals surface area (Å²) in [7, 11) is 1.67. The number of hydrogen-bond donors (Lipinski definition) is 2. The molecule has 7 heteroatoms. The Labute approximate surface area is 188 Å². The normalized spacial score (nSPS) is 25.1. The van der Waals surface area contributed by atoms with Gasteiger partial charge in [0.25, 0.3) is 0 Å². The number of benzene rings is 2. The highest BCUT2D eigenvalue weighted by Gasteiger charge is 2.45. The molecule has 2 aromatic carbocycles. The van der Waals surface area contributed by atoms with Crippen LogP contribution in [0.3, 0.4) is 0 Å². The molecule has 0 unspecified atom stereocenters. The van der Waals surface area contributed by atoms with Crippen molar-refractivity contribution in [3.63, 3.8) is 0 Å². The van der Waals surface area contributed by atoms with Crippen molar-refractivity contribution in [1.29, 1.82) is 0 Å². The van der Waals surface area contributed by atoms with Gasteiger partial charge in [0.05, 0.1) is 45.6 Å². The van der Waals surface area contributed by atoms with Crippen molar-refractivity contribution in [2.24, 2.45) is 5.92 Å². The smallest absolute Gasteiger partial charge is 0.237 e. The first-order valence-electron chi connectivity index (χ1n) is 11.4. The summed E-state index contributed by atoms with van der Waals surface area (Å²) >= 11 is 0. The highest BCUT2D eigenvalue weighted by molar-refractivity contribution is 5.80. The van der Waals surface area contributed by atoms with Gasteiger partial charge in [0.15, 0.2) is 0 Å². The third-order valence-corrected chi connectivity index (χ3v) is 7.06. The third-order valence-electron chi connectivity index (χ3n) is 7.06. The summed E-state index contributed by atoms with van der Waals surface area (Å²) in [6.45, 7) is 4.17. The molecule has 0 aromatic heterocycles. The minimum atomic E-state index is -0.0450. The van der Waals surface area contributed by atoms with E-state index in [0.717, 1.165) is 54.2 Å². The lowest BCUT2D eigenvalue weighted by Gasteiger charge is -2.40. The Bertz CT molecular complexity index is 975. The Hall–Kier alpha value is -2.61. The molecule has 3 aliphatic rings. The van der Waals surface area contributed by atoms with Crippen LogP contribution < -0.4 is 10.1 Å². The van der Waals surface area contributed by atoms with E-state index >= 15 is 0 Å². The highest BCUT2D eigenvalue weighted by Crippen LogP contribution is 2.47. The van der Waals surface area contributed by atoms with E-state index in [-0.39, 0.29) is 30.5 Å². The van der Waals surface area contributed by atoms with Crippen LogP contribution in [0.5, 0.6) is 5.75 Å². The van der Waals surface area contributed by atoms with E-state index in [1.165, 1.54) is 0 Å². The van der Waals surface area contributed by atoms with Crippen molar-refractivity contribution in [3.8, 4) is 16.9 Å². The van der Waals surface area contributed by atoms with Gasteiger partial charge >= 0.3 is 0 Å². The van der Waals surface area contributed by atoms with Crippen LogP contribution in [0.15, 0.2) is 42.5 Å². The number of likely N-dealkylation sites (tertiary alicyclic amines) is 1. The summed E-state index contributed by atoms with van der Waals surface area (Å²) in [5.41, 5.74) is 4.31. The topological polar surface area (TPSA) is 74.3 Å². The van der Waals surface area contributed by atoms with Crippen molar-refractivity contribution in [2.75, 3.05) is 58.4 Å². The molecule has 0 radical (unpaired) electrons. The van der Waals surface area contributed by atoms with Gasteiger partial charge in [-0.15, -0.1) is 0 Å². The van der Waals surface area contributed by atoms with Gasteiger partial charge in [-0.2, -0.15) is 0 Å². The zero-order valence-corrected chi connectivity index (χ0v) is 18.5. The quantitative estimate of drug-likeness (QED) is 0.748. The van der Waals surface area contributed by atoms with E-state index in [0.29, 0.717) is 19.8 Å². The summed E-state index contributed by atoms with van der Waals surface area (Å²) < 4.78 is 10.8. The fourth-order valence-electron chi connectivity index (χ4n) is 5.37. The molecule has 3 heterocycles. The van der Waals surface area contributed by atoms with Crippen LogP contribution in [0.4, 0.5) is 5.69 Å². The lowest BCUT2D eigenvalue weighted by molar-refractivity contribution is -0.134. The molecule has 2 N–H and O–H groups in total. The van der Waals surface area contributed by atoms with E-state index in [1.54, 1.807) is 7.11 Å². The fraction of sp³-hybridized carbons (Fsp3) is 0.480. The summed E-state index contributed by atoms with van der Waals surface area (Å²) in [5.74, 6) is 1.18. The number of rotatable bonds is 5. The molecule has 2 saturated heterocycles. The van der Waals surface area contributed by atoms with Gasteiger partial charge in [-0.1, -0.05) is 18.2 Å². The van der Waals surface area contributed by atoms with E-state index in [4.69, 9.17) is 9.47 Å². The number of ether oxygens (including phenoxy) is 2. The van der Waals surface area contributed by atoms with Crippen LogP contribution in [0, 0.1) is 5.92 Å². The van der Waals surface area contributed by atoms with Crippen molar-refractivity contribution in [3.05, 3.63) is 48.0 Å². The Kier molecular flexibility index (Phi) is 6.04. The van der Waals surface area contributed by atoms with Crippen LogP contribution >= 0.6 is 0 Å². The molecule has 5 rings (SSSR count). The second-order valence-electron chi connectivity index (χ2n) is 8.84. The maximum atomic E-state index is 13.4. The van der Waals surface area contributed by atoms with Crippen molar-refractivity contribution in [2.45, 2.75) is 18.5 Å². The number of anilines is 1.